The van der Waals surface area contributed by atoms with Gasteiger partial charge in [0.25, 0.3) is 0 Å². The van der Waals surface area contributed by atoms with E-state index in [9.17, 15) is 9.59 Å². The van der Waals surface area contributed by atoms with Crippen molar-refractivity contribution in [1.82, 2.24) is 9.97 Å². The quantitative estimate of drug-likeness (QED) is 0.189. The van der Waals surface area contributed by atoms with Crippen molar-refractivity contribution < 1.29 is 19.1 Å². The van der Waals surface area contributed by atoms with E-state index in [-0.39, 0.29) is 0 Å². The van der Waals surface area contributed by atoms with Crippen molar-refractivity contribution in [3.63, 3.8) is 0 Å². The largest absolute Gasteiger partial charge is 0.465 e. The number of esters is 2. The van der Waals surface area contributed by atoms with E-state index in [1.165, 1.54) is 70.7 Å². The molecule has 2 heterocycles. The highest BCUT2D eigenvalue weighted by atomic mass is 16.5. The second-order valence-electron chi connectivity index (χ2n) is 12.9. The van der Waals surface area contributed by atoms with Gasteiger partial charge in [0.05, 0.1) is 25.3 Å². The van der Waals surface area contributed by atoms with E-state index in [1.54, 1.807) is 24.3 Å². The normalized spacial score (nSPS) is 23.0. The van der Waals surface area contributed by atoms with Gasteiger partial charge in [0.15, 0.2) is 0 Å². The Morgan fingerprint density at radius 3 is 1.47 bits per heavy atom. The van der Waals surface area contributed by atoms with Gasteiger partial charge in [-0.15, -0.1) is 0 Å². The number of rotatable bonds is 8. The molecule has 0 aliphatic heterocycles. The number of pyridine rings is 2. The molecule has 2 aromatic heterocycles. The molecule has 8 rings (SSSR count). The Kier molecular flexibility index (Phi) is 7.51. The minimum absolute atomic E-state index is 0.349. The maximum atomic E-state index is 12.0. The molecule has 4 fully saturated rings. The van der Waals surface area contributed by atoms with Crippen molar-refractivity contribution in [2.75, 3.05) is 31.1 Å². The number of nitrogens with zero attached hydrogens (tertiary/aromatic N) is 4. The average molecular weight is 603 g/mol. The molecule has 2 aromatic carbocycles. The van der Waals surface area contributed by atoms with Crippen LogP contribution < -0.4 is 9.80 Å². The lowest BCUT2D eigenvalue weighted by Gasteiger charge is -2.57. The van der Waals surface area contributed by atoms with Gasteiger partial charge in [0, 0.05) is 36.5 Å². The van der Waals surface area contributed by atoms with Crippen molar-refractivity contribution in [3.05, 3.63) is 102 Å². The van der Waals surface area contributed by atoms with Crippen molar-refractivity contribution in [2.45, 2.75) is 43.9 Å². The SMILES string of the molecule is COC(=O)c1ccc(N(c2ccc(N(C)c3ccc(C45CC6CC(CC(C6)C4)C5)cc3)cc2)c2ccc(C(=O)OC)cn2)nc1. The van der Waals surface area contributed by atoms with E-state index in [2.05, 4.69) is 58.3 Å². The van der Waals surface area contributed by atoms with E-state index in [0.29, 0.717) is 28.2 Å². The molecule has 0 N–H and O–H groups in total. The first-order chi connectivity index (χ1) is 21.9. The van der Waals surface area contributed by atoms with Crippen LogP contribution in [0.4, 0.5) is 28.7 Å². The number of ether oxygens (including phenoxy) is 2. The first-order valence-corrected chi connectivity index (χ1v) is 15.7. The van der Waals surface area contributed by atoms with Crippen LogP contribution in [0.3, 0.4) is 0 Å². The predicted octanol–water partition coefficient (Wildman–Crippen LogP) is 7.76. The fourth-order valence-corrected chi connectivity index (χ4v) is 8.37. The van der Waals surface area contributed by atoms with Crippen LogP contribution in [-0.4, -0.2) is 43.2 Å². The molecule has 4 aliphatic rings. The van der Waals surface area contributed by atoms with Gasteiger partial charge in [-0.05, 0) is 128 Å². The van der Waals surface area contributed by atoms with Gasteiger partial charge in [0.1, 0.15) is 11.6 Å². The fraction of sp³-hybridized carbons (Fsp3) is 0.351. The summed E-state index contributed by atoms with van der Waals surface area (Å²) in [6, 6.07) is 24.3. The smallest absolute Gasteiger partial charge is 0.339 e. The number of carbonyl (C=O) groups excluding carboxylic acids is 2. The summed E-state index contributed by atoms with van der Waals surface area (Å²) in [5, 5.41) is 0. The zero-order valence-electron chi connectivity index (χ0n) is 26.0. The van der Waals surface area contributed by atoms with Crippen LogP contribution in [0.25, 0.3) is 0 Å². The highest BCUT2D eigenvalue weighted by molar-refractivity contribution is 5.90. The van der Waals surface area contributed by atoms with Gasteiger partial charge < -0.3 is 14.4 Å². The second kappa shape index (κ2) is 11.7. The predicted molar refractivity (Wildman–Crippen MR) is 174 cm³/mol. The number of hydrogen-bond acceptors (Lipinski definition) is 8. The third kappa shape index (κ3) is 5.43. The van der Waals surface area contributed by atoms with Crippen LogP contribution in [0, 0.1) is 17.8 Å². The lowest BCUT2D eigenvalue weighted by atomic mass is 9.48. The lowest BCUT2D eigenvalue weighted by molar-refractivity contribution is -0.00518. The average Bonchev–Trinajstić information content (AvgIpc) is 3.08. The van der Waals surface area contributed by atoms with E-state index in [1.807, 2.05) is 17.0 Å². The van der Waals surface area contributed by atoms with Crippen LogP contribution in [0.1, 0.15) is 64.8 Å². The second-order valence-corrected chi connectivity index (χ2v) is 12.9. The topological polar surface area (TPSA) is 84.9 Å². The maximum absolute atomic E-state index is 12.0. The van der Waals surface area contributed by atoms with Crippen LogP contribution in [-0.2, 0) is 14.9 Å². The first-order valence-electron chi connectivity index (χ1n) is 15.7. The molecule has 4 aliphatic carbocycles. The van der Waals surface area contributed by atoms with Crippen molar-refractivity contribution in [3.8, 4) is 0 Å². The van der Waals surface area contributed by atoms with Crippen molar-refractivity contribution >= 4 is 40.6 Å². The maximum Gasteiger partial charge on any atom is 0.339 e. The number of anilines is 5. The van der Waals surface area contributed by atoms with Crippen LogP contribution in [0.5, 0.6) is 0 Å². The van der Waals surface area contributed by atoms with E-state index in [4.69, 9.17) is 9.47 Å². The third-order valence-electron chi connectivity index (χ3n) is 10.2. The standard InChI is InChI=1S/C37H38N4O4/c1-40(30-8-6-29(7-9-30)37-19-24-16-25(20-37)18-26(17-24)21-37)31-10-12-32(13-11-31)41(33-14-4-27(22-38-33)35(42)44-2)34-15-5-28(23-39-34)36(43)45-3/h4-15,22-26H,16-21H2,1-3H3. The molecule has 4 saturated carbocycles. The number of benzene rings is 2. The molecule has 0 unspecified atom stereocenters. The van der Waals surface area contributed by atoms with E-state index < -0.39 is 11.9 Å². The summed E-state index contributed by atoms with van der Waals surface area (Å²) in [4.78, 5) is 37.2. The van der Waals surface area contributed by atoms with Gasteiger partial charge in [-0.2, -0.15) is 0 Å². The summed E-state index contributed by atoms with van der Waals surface area (Å²) in [5.74, 6) is 2.99. The van der Waals surface area contributed by atoms with Gasteiger partial charge in [-0.1, -0.05) is 12.1 Å². The Bertz CT molecular complexity index is 1590. The number of hydrogen-bond donors (Lipinski definition) is 0. The zero-order valence-corrected chi connectivity index (χ0v) is 26.0. The Balaban J connectivity index is 1.14. The van der Waals surface area contributed by atoms with Crippen LogP contribution in [0.2, 0.25) is 0 Å². The molecular weight excluding hydrogens is 564 g/mol. The van der Waals surface area contributed by atoms with Gasteiger partial charge in [-0.25, -0.2) is 19.6 Å². The molecule has 8 nitrogen and oxygen atoms in total. The highest BCUT2D eigenvalue weighted by Gasteiger charge is 2.51. The highest BCUT2D eigenvalue weighted by Crippen LogP contribution is 2.60. The molecule has 4 aromatic rings. The Morgan fingerprint density at radius 2 is 1.07 bits per heavy atom. The molecule has 0 amide bonds. The molecular formula is C37H38N4O4. The number of carbonyl (C=O) groups is 2. The minimum Gasteiger partial charge on any atom is -0.465 e. The van der Waals surface area contributed by atoms with Crippen LogP contribution in [0.15, 0.2) is 85.2 Å². The molecule has 230 valence electrons. The number of aromatic nitrogens is 2. The summed E-state index contributed by atoms with van der Waals surface area (Å²) < 4.78 is 9.66. The molecule has 0 saturated heterocycles. The summed E-state index contributed by atoms with van der Waals surface area (Å²) >= 11 is 0. The third-order valence-corrected chi connectivity index (χ3v) is 10.2. The Labute approximate surface area is 264 Å². The van der Waals surface area contributed by atoms with Gasteiger partial charge >= 0.3 is 11.9 Å². The van der Waals surface area contributed by atoms with Crippen molar-refractivity contribution in [2.24, 2.45) is 17.8 Å². The zero-order chi connectivity index (χ0) is 31.1. The summed E-state index contributed by atoms with van der Waals surface area (Å²) in [7, 11) is 4.77. The molecule has 4 bridgehead atoms. The molecule has 0 spiro atoms. The summed E-state index contributed by atoms with van der Waals surface area (Å²) in [6.45, 7) is 0. The van der Waals surface area contributed by atoms with Gasteiger partial charge in [-0.3, -0.25) is 4.90 Å². The van der Waals surface area contributed by atoms with E-state index in [0.717, 1.165) is 34.8 Å². The molecule has 45 heavy (non-hydrogen) atoms. The lowest BCUT2D eigenvalue weighted by Crippen LogP contribution is -2.48. The van der Waals surface area contributed by atoms with E-state index >= 15 is 0 Å². The first kappa shape index (κ1) is 29.0. The number of methoxy groups -OCH3 is 2. The summed E-state index contributed by atoms with van der Waals surface area (Å²) in [5.41, 5.74) is 5.63. The Hall–Kier alpha value is -4.72. The Morgan fingerprint density at radius 1 is 0.644 bits per heavy atom. The molecule has 0 atom stereocenters. The summed E-state index contributed by atoms with van der Waals surface area (Å²) in [6.07, 6.45) is 11.4. The molecule has 0 radical (unpaired) electrons. The van der Waals surface area contributed by atoms with Crippen molar-refractivity contribution in [1.29, 1.82) is 0 Å². The molecule has 8 heteroatoms. The minimum atomic E-state index is -0.459. The fourth-order valence-electron chi connectivity index (χ4n) is 8.37. The van der Waals surface area contributed by atoms with Gasteiger partial charge in [0.2, 0.25) is 0 Å². The monoisotopic (exact) mass is 602 g/mol. The van der Waals surface area contributed by atoms with Crippen LogP contribution >= 0.6 is 0 Å².